The van der Waals surface area contributed by atoms with Crippen LogP contribution in [0.4, 0.5) is 0 Å². The topological polar surface area (TPSA) is 202 Å². The van der Waals surface area contributed by atoms with Gasteiger partial charge in [0.1, 0.15) is 0 Å². The van der Waals surface area contributed by atoms with Crippen LogP contribution in [0.15, 0.2) is 0 Å². The molecule has 0 atom stereocenters. The SMILES string of the molecule is CCCS(CCC)=P([O-])([O-])[S-].CCCS(CCC)=P([O-])([O-])[S-].CCCS(CCC)=P([O-])([O-])[S-].CCCS(CCC)=P([O-])([O-])[S-].O=S.[Mo+4].[Mo+4].[Mo+4]. The first kappa shape index (κ1) is 72.9. The maximum Gasteiger partial charge on any atom is 4.00 e. The Morgan fingerprint density at radius 2 is 0.429 bits per heavy atom. The van der Waals surface area contributed by atoms with Crippen molar-refractivity contribution in [3.8, 4) is 0 Å². The molecule has 25 heteroatoms. The second-order valence-electron chi connectivity index (χ2n) is 9.27. The Balaban J connectivity index is -0.0000000734. The second kappa shape index (κ2) is 45.4. The zero-order chi connectivity index (χ0) is 37.6. The summed E-state index contributed by atoms with van der Waals surface area (Å²) in [6.07, 6.45) is 7.27. The molecule has 0 saturated heterocycles. The van der Waals surface area contributed by atoms with Crippen molar-refractivity contribution < 1.29 is 107 Å². The van der Waals surface area contributed by atoms with E-state index in [4.69, 9.17) is 4.21 Å². The van der Waals surface area contributed by atoms with Crippen molar-refractivity contribution in [2.75, 3.05) is 46.0 Å². The van der Waals surface area contributed by atoms with Gasteiger partial charge in [-0.15, -0.1) is 0 Å². The van der Waals surface area contributed by atoms with Crippen LogP contribution >= 0.6 is 22.8 Å². The largest absolute Gasteiger partial charge is 4.00 e. The first-order valence-electron chi connectivity index (χ1n) is 15.1. The monoisotopic (exact) mass is 1190 g/mol. The van der Waals surface area contributed by atoms with E-state index in [1.807, 2.05) is 55.4 Å². The third-order valence-electron chi connectivity index (χ3n) is 4.78. The standard InChI is InChI=1S/4C6H14O2PS2.3Mo.OS/c4*1-3-5-11(6-4-2)9(7,8)10;;;;1-2/h4*3-6H2,1-2H3;;;;/q4*-3;3*+4;. The first-order chi connectivity index (χ1) is 21.1. The average Bonchev–Trinajstić information content (AvgIpc) is 2.93. The van der Waals surface area contributed by atoms with Gasteiger partial charge in [-0.3, -0.25) is 0 Å². The van der Waals surface area contributed by atoms with Crippen LogP contribution in [0, 0.1) is 0 Å². The van der Waals surface area contributed by atoms with Gasteiger partial charge in [0.15, 0.2) is 12.5 Å². The van der Waals surface area contributed by atoms with E-state index in [0.717, 1.165) is 97.4 Å². The maximum absolute atomic E-state index is 11.0. The van der Waals surface area contributed by atoms with Gasteiger partial charge in [0.2, 0.25) is 0 Å². The van der Waals surface area contributed by atoms with Crippen molar-refractivity contribution in [2.24, 2.45) is 0 Å². The second-order valence-corrected chi connectivity index (χ2v) is 40.3. The van der Waals surface area contributed by atoms with Gasteiger partial charge in [-0.25, -0.2) is 40.3 Å². The molecule has 0 saturated carbocycles. The van der Waals surface area contributed by atoms with Gasteiger partial charge in [-0.1, -0.05) is 55.4 Å². The minimum atomic E-state index is -3.45. The summed E-state index contributed by atoms with van der Waals surface area (Å²) in [6, 6.07) is 0. The molecule has 0 rings (SSSR count). The van der Waals surface area contributed by atoms with Crippen LogP contribution in [-0.2, 0) is 165 Å². The molecule has 0 spiro atoms. The van der Waals surface area contributed by atoms with Gasteiger partial charge in [0.05, 0.1) is 0 Å². The molecular formula is C24H56Mo3O9P4S9. The van der Waals surface area contributed by atoms with Crippen molar-refractivity contribution in [1.82, 2.24) is 0 Å². The maximum atomic E-state index is 11.0. The molecule has 0 aliphatic rings. The van der Waals surface area contributed by atoms with Crippen molar-refractivity contribution in [1.29, 1.82) is 0 Å². The predicted molar refractivity (Wildman–Crippen MR) is 216 cm³/mol. The van der Waals surface area contributed by atoms with E-state index in [0.29, 0.717) is 0 Å². The molecule has 0 aromatic heterocycles. The van der Waals surface area contributed by atoms with Gasteiger partial charge in [0, 0.05) is 0 Å². The molecule has 49 heavy (non-hydrogen) atoms. The third kappa shape index (κ3) is 50.4. The van der Waals surface area contributed by atoms with E-state index in [9.17, 15) is 39.1 Å². The zero-order valence-corrected chi connectivity index (χ0v) is 46.6. The van der Waals surface area contributed by atoms with E-state index in [2.05, 4.69) is 61.5 Å². The Kier molecular flexibility index (Phi) is 67.5. The minimum absolute atomic E-state index is 0. The molecule has 0 aromatic carbocycles. The van der Waals surface area contributed by atoms with Crippen LogP contribution in [-0.4, -0.2) is 50.2 Å². The van der Waals surface area contributed by atoms with Gasteiger partial charge >= 0.3 is 63.2 Å². The number of hydrogen-bond acceptors (Lipinski definition) is 14. The van der Waals surface area contributed by atoms with E-state index < -0.39 is 63.1 Å². The molecule has 0 aliphatic carbocycles. The smallest absolute Gasteiger partial charge is 0.854 e. The van der Waals surface area contributed by atoms with Gasteiger partial charge in [-0.2, -0.15) is 4.21 Å². The summed E-state index contributed by atoms with van der Waals surface area (Å²) >= 11 is 20.6. The molecule has 0 aliphatic heterocycles. The van der Waals surface area contributed by atoms with Gasteiger partial charge in [-0.05, 0) is 97.4 Å². The van der Waals surface area contributed by atoms with Crippen molar-refractivity contribution in [3.05, 3.63) is 0 Å². The fourth-order valence-electron chi connectivity index (χ4n) is 3.19. The summed E-state index contributed by atoms with van der Waals surface area (Å²) in [5, 5.41) is 0. The molecular weight excluding hydrogens is 1130 g/mol. The van der Waals surface area contributed by atoms with E-state index in [1.165, 1.54) is 0 Å². The Bertz CT molecular complexity index is 779. The van der Waals surface area contributed by atoms with Crippen LogP contribution in [0.5, 0.6) is 0 Å². The van der Waals surface area contributed by atoms with Crippen LogP contribution in [0.2, 0.25) is 0 Å². The minimum Gasteiger partial charge on any atom is -0.854 e. The molecule has 0 fully saturated rings. The molecule has 0 unspecified atom stereocenters. The fraction of sp³-hybridized carbons (Fsp3) is 1.00. The van der Waals surface area contributed by atoms with Crippen LogP contribution in [0.1, 0.15) is 107 Å². The zero-order valence-electron chi connectivity index (χ0n) is 29.7. The first-order valence-corrected chi connectivity index (χ1v) is 34.6. The summed E-state index contributed by atoms with van der Waals surface area (Å²) in [7, 11) is -2.11. The average molecular weight is 1190 g/mol. The normalized spacial score (nSPS) is 11.3. The van der Waals surface area contributed by atoms with Gasteiger partial charge in [0.25, 0.3) is 0 Å². The Morgan fingerprint density at radius 1 is 0.347 bits per heavy atom. The van der Waals surface area contributed by atoms with E-state index in [1.54, 1.807) is 0 Å². The number of rotatable bonds is 16. The summed E-state index contributed by atoms with van der Waals surface area (Å²) in [4.78, 5) is 87.7. The third-order valence-corrected chi connectivity index (χ3v) is 33.9. The van der Waals surface area contributed by atoms with Crippen LogP contribution in [0.25, 0.3) is 0 Å². The van der Waals surface area contributed by atoms with Gasteiger partial charge < -0.3 is 111 Å². The Hall–Kier alpha value is 6.28. The van der Waals surface area contributed by atoms with Crippen LogP contribution in [0.3, 0.4) is 0 Å². The molecule has 0 aromatic rings. The fourth-order valence-corrected chi connectivity index (χ4v) is 24.7. The Labute approximate surface area is 379 Å². The Morgan fingerprint density at radius 3 is 0.469 bits per heavy atom. The molecule has 0 bridgehead atoms. The molecule has 0 N–H and O–H groups in total. The van der Waals surface area contributed by atoms with Crippen molar-refractivity contribution in [3.63, 3.8) is 0 Å². The summed E-state index contributed by atoms with van der Waals surface area (Å²) < 4.78 is 7.83. The predicted octanol–water partition coefficient (Wildman–Crippen LogP) is 1.14. The quantitative estimate of drug-likeness (QED) is 0.121. The molecule has 298 valence electrons. The summed E-state index contributed by atoms with van der Waals surface area (Å²) in [6.45, 7) is 15.9. The molecule has 0 heterocycles. The van der Waals surface area contributed by atoms with E-state index in [-0.39, 0.29) is 63.2 Å². The van der Waals surface area contributed by atoms with E-state index >= 15 is 0 Å². The molecule has 0 radical (unpaired) electrons. The summed E-state index contributed by atoms with van der Waals surface area (Å²) in [5.41, 5.74) is -13.8. The van der Waals surface area contributed by atoms with Crippen molar-refractivity contribution >= 4 is 125 Å². The molecule has 9 nitrogen and oxygen atoms in total. The number of hydrogen-bond donors (Lipinski definition) is 0. The summed E-state index contributed by atoms with van der Waals surface area (Å²) in [5.74, 6) is 5.99. The van der Waals surface area contributed by atoms with Crippen LogP contribution < -0.4 is 39.1 Å². The van der Waals surface area contributed by atoms with Crippen molar-refractivity contribution in [2.45, 2.75) is 107 Å². The molecule has 0 amide bonds.